The zero-order chi connectivity index (χ0) is 26.5. The Morgan fingerprint density at radius 2 is 1.58 bits per heavy atom. The van der Waals surface area contributed by atoms with E-state index in [1.165, 1.54) is 5.56 Å². The number of ether oxygens (including phenoxy) is 2. The van der Waals surface area contributed by atoms with Gasteiger partial charge in [-0.1, -0.05) is 60.2 Å². The molecule has 194 valence electrons. The van der Waals surface area contributed by atoms with Gasteiger partial charge in [0.15, 0.2) is 11.5 Å². The summed E-state index contributed by atoms with van der Waals surface area (Å²) in [5, 5.41) is 0. The molecule has 1 heterocycles. The van der Waals surface area contributed by atoms with E-state index in [1.807, 2.05) is 55.5 Å². The predicted octanol–water partition coefficient (Wildman–Crippen LogP) is 5.94. The van der Waals surface area contributed by atoms with E-state index >= 15 is 0 Å². The lowest BCUT2D eigenvalue weighted by Gasteiger charge is -2.20. The topological polar surface area (TPSA) is 74.2 Å². The van der Waals surface area contributed by atoms with Crippen LogP contribution in [0, 0.1) is 6.92 Å². The minimum atomic E-state index is -3.89. The number of benzene rings is 4. The SMILES string of the molecule is COc1cc2c(cc1OCc1ccccc1)CCN=C2Cc1ccc(OS(=O)(=O)c2ccc(C)cc2)cc1. The van der Waals surface area contributed by atoms with Crippen LogP contribution >= 0.6 is 0 Å². The van der Waals surface area contributed by atoms with Crippen molar-refractivity contribution in [3.8, 4) is 17.2 Å². The van der Waals surface area contributed by atoms with Crippen molar-refractivity contribution >= 4 is 15.8 Å². The highest BCUT2D eigenvalue weighted by molar-refractivity contribution is 7.87. The molecule has 4 aromatic rings. The Balaban J connectivity index is 1.30. The summed E-state index contributed by atoms with van der Waals surface area (Å²) in [4.78, 5) is 4.91. The minimum absolute atomic E-state index is 0.126. The van der Waals surface area contributed by atoms with Crippen molar-refractivity contribution in [3.05, 3.63) is 119 Å². The summed E-state index contributed by atoms with van der Waals surface area (Å²) in [5.74, 6) is 1.65. The summed E-state index contributed by atoms with van der Waals surface area (Å²) in [7, 11) is -2.26. The molecule has 4 aromatic carbocycles. The van der Waals surface area contributed by atoms with Gasteiger partial charge in [-0.15, -0.1) is 0 Å². The summed E-state index contributed by atoms with van der Waals surface area (Å²) < 4.78 is 42.3. The van der Waals surface area contributed by atoms with Gasteiger partial charge in [0.1, 0.15) is 17.3 Å². The smallest absolute Gasteiger partial charge is 0.339 e. The molecule has 0 unspecified atom stereocenters. The number of aryl methyl sites for hydroxylation is 1. The first-order valence-corrected chi connectivity index (χ1v) is 13.8. The summed E-state index contributed by atoms with van der Waals surface area (Å²) in [6.07, 6.45) is 1.43. The van der Waals surface area contributed by atoms with Gasteiger partial charge in [-0.3, -0.25) is 4.99 Å². The molecule has 0 amide bonds. The summed E-state index contributed by atoms with van der Waals surface area (Å²) in [6.45, 7) is 3.06. The third-order valence-electron chi connectivity index (χ3n) is 6.43. The molecule has 0 radical (unpaired) electrons. The first-order chi connectivity index (χ1) is 18.4. The van der Waals surface area contributed by atoms with Gasteiger partial charge in [0.2, 0.25) is 0 Å². The molecule has 0 bridgehead atoms. The number of hydrogen-bond donors (Lipinski definition) is 0. The van der Waals surface area contributed by atoms with E-state index in [0.29, 0.717) is 31.1 Å². The lowest BCUT2D eigenvalue weighted by Crippen LogP contribution is -2.16. The number of hydrogen-bond acceptors (Lipinski definition) is 6. The van der Waals surface area contributed by atoms with Crippen molar-refractivity contribution in [2.24, 2.45) is 4.99 Å². The molecule has 5 rings (SSSR count). The van der Waals surface area contributed by atoms with Gasteiger partial charge in [0.05, 0.1) is 7.11 Å². The van der Waals surface area contributed by atoms with Crippen LogP contribution in [0.15, 0.2) is 101 Å². The van der Waals surface area contributed by atoms with Gasteiger partial charge < -0.3 is 13.7 Å². The molecule has 38 heavy (non-hydrogen) atoms. The van der Waals surface area contributed by atoms with Crippen LogP contribution in [-0.4, -0.2) is 27.8 Å². The maximum atomic E-state index is 12.6. The second kappa shape index (κ2) is 11.1. The van der Waals surface area contributed by atoms with Crippen LogP contribution in [0.3, 0.4) is 0 Å². The molecule has 1 aliphatic rings. The van der Waals surface area contributed by atoms with Gasteiger partial charge >= 0.3 is 10.1 Å². The fourth-order valence-corrected chi connectivity index (χ4v) is 5.30. The van der Waals surface area contributed by atoms with Crippen molar-refractivity contribution in [3.63, 3.8) is 0 Å². The average molecular weight is 528 g/mol. The lowest BCUT2D eigenvalue weighted by molar-refractivity contribution is 0.284. The standard InChI is InChI=1S/C31H29NO5S/c1-22-8-14-27(15-9-22)38(33,34)37-26-12-10-23(11-13-26)18-29-28-20-30(35-2)31(19-25(28)16-17-32-29)36-21-24-6-4-3-5-7-24/h3-15,19-20H,16-18,21H2,1-2H3. The lowest BCUT2D eigenvalue weighted by atomic mass is 9.93. The van der Waals surface area contributed by atoms with Crippen LogP contribution in [0.2, 0.25) is 0 Å². The van der Waals surface area contributed by atoms with Crippen molar-refractivity contribution in [2.75, 3.05) is 13.7 Å². The normalized spacial score (nSPS) is 12.8. The Bertz CT molecular complexity index is 1540. The molecule has 6 nitrogen and oxygen atoms in total. The fraction of sp³-hybridized carbons (Fsp3) is 0.194. The third kappa shape index (κ3) is 5.89. The molecule has 0 fully saturated rings. The second-order valence-electron chi connectivity index (χ2n) is 9.18. The Hall–Kier alpha value is -4.10. The van der Waals surface area contributed by atoms with Gasteiger partial charge in [-0.25, -0.2) is 0 Å². The molecule has 0 saturated heterocycles. The van der Waals surface area contributed by atoms with Crippen LogP contribution in [0.25, 0.3) is 0 Å². The molecular weight excluding hydrogens is 498 g/mol. The van der Waals surface area contributed by atoms with E-state index < -0.39 is 10.1 Å². The number of aliphatic imine (C=N–C) groups is 1. The summed E-state index contributed by atoms with van der Waals surface area (Å²) in [6, 6.07) is 27.7. The number of fused-ring (bicyclic) bond motifs is 1. The van der Waals surface area contributed by atoms with Crippen molar-refractivity contribution in [2.45, 2.75) is 31.3 Å². The molecule has 1 aliphatic heterocycles. The summed E-state index contributed by atoms with van der Waals surface area (Å²) >= 11 is 0. The van der Waals surface area contributed by atoms with E-state index in [4.69, 9.17) is 18.6 Å². The van der Waals surface area contributed by atoms with Crippen LogP contribution in [0.1, 0.15) is 27.8 Å². The zero-order valence-electron chi connectivity index (χ0n) is 21.4. The van der Waals surface area contributed by atoms with Crippen molar-refractivity contribution < 1.29 is 22.1 Å². The van der Waals surface area contributed by atoms with Crippen LogP contribution in [0.5, 0.6) is 17.2 Å². The highest BCUT2D eigenvalue weighted by Crippen LogP contribution is 2.34. The first kappa shape index (κ1) is 25.5. The largest absolute Gasteiger partial charge is 0.493 e. The maximum absolute atomic E-state index is 12.6. The molecule has 0 aliphatic carbocycles. The third-order valence-corrected chi connectivity index (χ3v) is 7.69. The maximum Gasteiger partial charge on any atom is 0.339 e. The van der Waals surface area contributed by atoms with Crippen molar-refractivity contribution in [1.29, 1.82) is 0 Å². The molecule has 0 aromatic heterocycles. The molecular formula is C31H29NO5S. The Morgan fingerprint density at radius 3 is 2.29 bits per heavy atom. The van der Waals surface area contributed by atoms with Crippen LogP contribution in [0.4, 0.5) is 0 Å². The minimum Gasteiger partial charge on any atom is -0.493 e. The zero-order valence-corrected chi connectivity index (χ0v) is 22.2. The quantitative estimate of drug-likeness (QED) is 0.252. The number of nitrogens with zero attached hydrogens (tertiary/aromatic N) is 1. The average Bonchev–Trinajstić information content (AvgIpc) is 2.93. The molecule has 0 saturated carbocycles. The summed E-state index contributed by atoms with van der Waals surface area (Å²) in [5.41, 5.74) is 6.24. The van der Waals surface area contributed by atoms with Crippen LogP contribution < -0.4 is 13.7 Å². The van der Waals surface area contributed by atoms with Crippen molar-refractivity contribution in [1.82, 2.24) is 0 Å². The van der Waals surface area contributed by atoms with Gasteiger partial charge in [-0.05, 0) is 66.4 Å². The number of rotatable bonds is 9. The van der Waals surface area contributed by atoms with Gasteiger partial charge in [0, 0.05) is 24.2 Å². The van der Waals surface area contributed by atoms with Gasteiger partial charge in [0.25, 0.3) is 0 Å². The predicted molar refractivity (Wildman–Crippen MR) is 148 cm³/mol. The molecule has 0 atom stereocenters. The van der Waals surface area contributed by atoms with Crippen LogP contribution in [-0.2, 0) is 29.6 Å². The fourth-order valence-electron chi connectivity index (χ4n) is 4.37. The first-order valence-electron chi connectivity index (χ1n) is 12.4. The molecule has 0 N–H and O–H groups in total. The molecule has 0 spiro atoms. The Kier molecular flexibility index (Phi) is 7.47. The van der Waals surface area contributed by atoms with E-state index in [0.717, 1.165) is 34.4 Å². The van der Waals surface area contributed by atoms with E-state index in [1.54, 1.807) is 43.5 Å². The Morgan fingerprint density at radius 1 is 0.842 bits per heavy atom. The number of methoxy groups -OCH3 is 1. The highest BCUT2D eigenvalue weighted by atomic mass is 32.2. The second-order valence-corrected chi connectivity index (χ2v) is 10.7. The Labute approximate surface area is 223 Å². The van der Waals surface area contributed by atoms with Gasteiger partial charge in [-0.2, -0.15) is 8.42 Å². The van der Waals surface area contributed by atoms with E-state index in [9.17, 15) is 8.42 Å². The monoisotopic (exact) mass is 527 g/mol. The molecule has 7 heteroatoms. The van der Waals surface area contributed by atoms with E-state index in [-0.39, 0.29) is 10.6 Å². The van der Waals surface area contributed by atoms with E-state index in [2.05, 4.69) is 6.07 Å². The highest BCUT2D eigenvalue weighted by Gasteiger charge is 2.20.